The summed E-state index contributed by atoms with van der Waals surface area (Å²) in [5.74, 6) is 0.587. The van der Waals surface area contributed by atoms with Gasteiger partial charge in [0.05, 0.1) is 6.26 Å². The number of hydrogen-bond acceptors (Lipinski definition) is 3. The molecule has 0 amide bonds. The standard InChI is InChI=1S/C10H15NO2/c1-3-8(2)11-7-9(12)10-5-4-6-13-10/h3-6,8-9,11-12H,1,7H2,2H3. The van der Waals surface area contributed by atoms with Crippen LogP contribution < -0.4 is 5.32 Å². The Kier molecular flexibility index (Phi) is 3.73. The Morgan fingerprint density at radius 1 is 1.77 bits per heavy atom. The van der Waals surface area contributed by atoms with Crippen LogP contribution in [0.4, 0.5) is 0 Å². The number of nitrogens with one attached hydrogen (secondary N) is 1. The molecule has 72 valence electrons. The van der Waals surface area contributed by atoms with Gasteiger partial charge in [0.15, 0.2) is 0 Å². The van der Waals surface area contributed by atoms with Crippen molar-refractivity contribution in [1.29, 1.82) is 0 Å². The van der Waals surface area contributed by atoms with Crippen molar-refractivity contribution in [3.8, 4) is 0 Å². The molecule has 0 saturated heterocycles. The van der Waals surface area contributed by atoms with E-state index in [4.69, 9.17) is 4.42 Å². The van der Waals surface area contributed by atoms with Gasteiger partial charge in [-0.15, -0.1) is 6.58 Å². The van der Waals surface area contributed by atoms with Crippen LogP contribution in [0, 0.1) is 0 Å². The highest BCUT2D eigenvalue weighted by atomic mass is 16.4. The number of hydrogen-bond donors (Lipinski definition) is 2. The summed E-state index contributed by atoms with van der Waals surface area (Å²) in [6.07, 6.45) is 2.75. The van der Waals surface area contributed by atoms with Gasteiger partial charge in [-0.2, -0.15) is 0 Å². The molecular weight excluding hydrogens is 166 g/mol. The number of aliphatic hydroxyl groups excluding tert-OH is 1. The van der Waals surface area contributed by atoms with E-state index in [1.54, 1.807) is 24.5 Å². The third-order valence-electron chi connectivity index (χ3n) is 1.86. The number of rotatable bonds is 5. The minimum Gasteiger partial charge on any atom is -0.467 e. The van der Waals surface area contributed by atoms with Gasteiger partial charge < -0.3 is 14.8 Å². The van der Waals surface area contributed by atoms with E-state index in [9.17, 15) is 5.11 Å². The van der Waals surface area contributed by atoms with Crippen molar-refractivity contribution >= 4 is 0 Å². The molecule has 1 aromatic heterocycles. The lowest BCUT2D eigenvalue weighted by Crippen LogP contribution is -2.28. The molecule has 0 saturated carbocycles. The minimum absolute atomic E-state index is 0.199. The van der Waals surface area contributed by atoms with Gasteiger partial charge in [-0.05, 0) is 19.1 Å². The van der Waals surface area contributed by atoms with Gasteiger partial charge in [-0.1, -0.05) is 6.08 Å². The molecule has 3 heteroatoms. The van der Waals surface area contributed by atoms with Crippen LogP contribution in [-0.4, -0.2) is 17.7 Å². The lowest BCUT2D eigenvalue weighted by molar-refractivity contribution is 0.146. The fourth-order valence-electron chi connectivity index (χ4n) is 0.962. The maximum Gasteiger partial charge on any atom is 0.133 e. The van der Waals surface area contributed by atoms with E-state index in [0.717, 1.165) is 0 Å². The summed E-state index contributed by atoms with van der Waals surface area (Å²) < 4.78 is 5.05. The molecule has 1 aromatic rings. The van der Waals surface area contributed by atoms with Gasteiger partial charge in [0, 0.05) is 12.6 Å². The molecule has 0 aliphatic rings. The molecule has 0 aliphatic carbocycles. The fourth-order valence-corrected chi connectivity index (χ4v) is 0.962. The maximum atomic E-state index is 9.56. The Morgan fingerprint density at radius 3 is 3.08 bits per heavy atom. The van der Waals surface area contributed by atoms with Crippen LogP contribution in [0.15, 0.2) is 35.5 Å². The Labute approximate surface area is 78.1 Å². The molecule has 0 aliphatic heterocycles. The van der Waals surface area contributed by atoms with Crippen LogP contribution in [0.25, 0.3) is 0 Å². The van der Waals surface area contributed by atoms with E-state index in [1.807, 2.05) is 6.92 Å². The summed E-state index contributed by atoms with van der Waals surface area (Å²) in [6, 6.07) is 3.71. The normalized spacial score (nSPS) is 15.2. The summed E-state index contributed by atoms with van der Waals surface area (Å²) >= 11 is 0. The third kappa shape index (κ3) is 3.05. The molecule has 0 spiro atoms. The van der Waals surface area contributed by atoms with Crippen molar-refractivity contribution in [1.82, 2.24) is 5.32 Å². The highest BCUT2D eigenvalue weighted by molar-refractivity contribution is 5.02. The lowest BCUT2D eigenvalue weighted by atomic mass is 10.2. The predicted octanol–water partition coefficient (Wildman–Crippen LogP) is 1.48. The number of aliphatic hydroxyl groups is 1. The molecule has 13 heavy (non-hydrogen) atoms. The van der Waals surface area contributed by atoms with E-state index in [1.165, 1.54) is 0 Å². The van der Waals surface area contributed by atoms with Gasteiger partial charge in [0.25, 0.3) is 0 Å². The van der Waals surface area contributed by atoms with Crippen LogP contribution in [0.1, 0.15) is 18.8 Å². The average Bonchev–Trinajstić information content (AvgIpc) is 2.66. The monoisotopic (exact) mass is 181 g/mol. The molecule has 3 nitrogen and oxygen atoms in total. The zero-order valence-electron chi connectivity index (χ0n) is 7.73. The topological polar surface area (TPSA) is 45.4 Å². The Hall–Kier alpha value is -1.06. The SMILES string of the molecule is C=CC(C)NCC(O)c1ccco1. The second kappa shape index (κ2) is 4.84. The Bertz CT molecular complexity index is 243. The predicted molar refractivity (Wildman–Crippen MR) is 51.3 cm³/mol. The van der Waals surface area contributed by atoms with Gasteiger partial charge in [-0.25, -0.2) is 0 Å². The van der Waals surface area contributed by atoms with Crippen LogP contribution in [0.3, 0.4) is 0 Å². The largest absolute Gasteiger partial charge is 0.467 e. The second-order valence-electron chi connectivity index (χ2n) is 2.96. The third-order valence-corrected chi connectivity index (χ3v) is 1.86. The lowest BCUT2D eigenvalue weighted by Gasteiger charge is -2.12. The number of furan rings is 1. The van der Waals surface area contributed by atoms with Crippen LogP contribution >= 0.6 is 0 Å². The smallest absolute Gasteiger partial charge is 0.133 e. The molecule has 0 fully saturated rings. The molecule has 2 atom stereocenters. The Balaban J connectivity index is 2.34. The van der Waals surface area contributed by atoms with Crippen molar-refractivity contribution in [2.75, 3.05) is 6.54 Å². The van der Waals surface area contributed by atoms with Gasteiger partial charge >= 0.3 is 0 Å². The summed E-state index contributed by atoms with van der Waals surface area (Å²) in [5.41, 5.74) is 0. The van der Waals surface area contributed by atoms with E-state index in [2.05, 4.69) is 11.9 Å². The molecule has 0 radical (unpaired) electrons. The summed E-state index contributed by atoms with van der Waals surface area (Å²) in [4.78, 5) is 0. The zero-order valence-corrected chi connectivity index (χ0v) is 7.73. The maximum absolute atomic E-state index is 9.56. The van der Waals surface area contributed by atoms with E-state index in [-0.39, 0.29) is 6.04 Å². The molecule has 2 N–H and O–H groups in total. The molecule has 0 bridgehead atoms. The fraction of sp³-hybridized carbons (Fsp3) is 0.400. The van der Waals surface area contributed by atoms with Crippen molar-refractivity contribution in [3.63, 3.8) is 0 Å². The molecule has 1 rings (SSSR count). The van der Waals surface area contributed by atoms with Crippen molar-refractivity contribution in [3.05, 3.63) is 36.8 Å². The van der Waals surface area contributed by atoms with E-state index < -0.39 is 6.10 Å². The van der Waals surface area contributed by atoms with Gasteiger partial charge in [0.1, 0.15) is 11.9 Å². The van der Waals surface area contributed by atoms with Crippen LogP contribution in [0.2, 0.25) is 0 Å². The first kappa shape index (κ1) is 10.0. The van der Waals surface area contributed by atoms with Crippen molar-refractivity contribution in [2.24, 2.45) is 0 Å². The minimum atomic E-state index is -0.586. The molecular formula is C10H15NO2. The first-order valence-corrected chi connectivity index (χ1v) is 4.31. The van der Waals surface area contributed by atoms with E-state index in [0.29, 0.717) is 12.3 Å². The van der Waals surface area contributed by atoms with Gasteiger partial charge in [0.2, 0.25) is 0 Å². The first-order valence-electron chi connectivity index (χ1n) is 4.31. The first-order chi connectivity index (χ1) is 6.24. The van der Waals surface area contributed by atoms with Crippen molar-refractivity contribution < 1.29 is 9.52 Å². The second-order valence-corrected chi connectivity index (χ2v) is 2.96. The van der Waals surface area contributed by atoms with Crippen molar-refractivity contribution in [2.45, 2.75) is 19.1 Å². The molecule has 0 aromatic carbocycles. The summed E-state index contributed by atoms with van der Waals surface area (Å²) in [6.45, 7) is 6.08. The highest BCUT2D eigenvalue weighted by Gasteiger charge is 2.09. The summed E-state index contributed by atoms with van der Waals surface area (Å²) in [7, 11) is 0. The van der Waals surface area contributed by atoms with Crippen LogP contribution in [-0.2, 0) is 0 Å². The average molecular weight is 181 g/mol. The van der Waals surface area contributed by atoms with Crippen LogP contribution in [0.5, 0.6) is 0 Å². The van der Waals surface area contributed by atoms with Gasteiger partial charge in [-0.3, -0.25) is 0 Å². The Morgan fingerprint density at radius 2 is 2.54 bits per heavy atom. The van der Waals surface area contributed by atoms with E-state index >= 15 is 0 Å². The zero-order chi connectivity index (χ0) is 9.68. The summed E-state index contributed by atoms with van der Waals surface area (Å²) in [5, 5.41) is 12.7. The quantitative estimate of drug-likeness (QED) is 0.676. The molecule has 1 heterocycles. The molecule has 2 unspecified atom stereocenters. The highest BCUT2D eigenvalue weighted by Crippen LogP contribution is 2.11.